The van der Waals surface area contributed by atoms with Gasteiger partial charge < -0.3 is 10.2 Å². The van der Waals surface area contributed by atoms with Crippen LogP contribution in [0.3, 0.4) is 0 Å². The van der Waals surface area contributed by atoms with Crippen molar-refractivity contribution in [2.45, 2.75) is 37.5 Å². The summed E-state index contributed by atoms with van der Waals surface area (Å²) in [4.78, 5) is 11.7. The first-order valence-electron chi connectivity index (χ1n) is 8.80. The molecule has 2 aliphatic heterocycles. The summed E-state index contributed by atoms with van der Waals surface area (Å²) in [5.74, 6) is 1.64. The minimum Gasteiger partial charge on any atom is -0.325 e. The van der Waals surface area contributed by atoms with Crippen LogP contribution in [0.25, 0.3) is 0 Å². The maximum atomic E-state index is 6.33. The summed E-state index contributed by atoms with van der Waals surface area (Å²) in [6.45, 7) is 5.36. The monoisotopic (exact) mass is 412 g/mol. The predicted octanol–water partition coefficient (Wildman–Crippen LogP) is 4.41. The van der Waals surface area contributed by atoms with E-state index in [0.29, 0.717) is 5.92 Å². The molecule has 4 nitrogen and oxygen atoms in total. The maximum absolute atomic E-state index is 6.33. The molecule has 1 saturated heterocycles. The molecule has 0 unspecified atom stereocenters. The van der Waals surface area contributed by atoms with Gasteiger partial charge in [0.25, 0.3) is 0 Å². The van der Waals surface area contributed by atoms with Gasteiger partial charge in [-0.15, -0.1) is 24.8 Å². The van der Waals surface area contributed by atoms with Gasteiger partial charge in [-0.05, 0) is 55.5 Å². The van der Waals surface area contributed by atoms with Crippen LogP contribution in [0, 0.1) is 0 Å². The zero-order valence-corrected chi connectivity index (χ0v) is 17.1. The van der Waals surface area contributed by atoms with Crippen LogP contribution in [0.2, 0.25) is 5.02 Å². The number of fused-ring (bicyclic) bond motifs is 3. The van der Waals surface area contributed by atoms with E-state index in [0.717, 1.165) is 43.3 Å². The lowest BCUT2D eigenvalue weighted by molar-refractivity contribution is 0.507. The van der Waals surface area contributed by atoms with Crippen LogP contribution >= 0.6 is 36.4 Å². The van der Waals surface area contributed by atoms with E-state index in [1.165, 1.54) is 28.9 Å². The molecular weight excluding hydrogens is 391 g/mol. The minimum atomic E-state index is 0. The molecule has 140 valence electrons. The van der Waals surface area contributed by atoms with Gasteiger partial charge in [-0.1, -0.05) is 18.5 Å². The molecule has 1 fully saturated rings. The van der Waals surface area contributed by atoms with Crippen molar-refractivity contribution in [1.29, 1.82) is 0 Å². The molecule has 0 bridgehead atoms. The Hall–Kier alpha value is -1.07. The van der Waals surface area contributed by atoms with E-state index in [4.69, 9.17) is 16.6 Å². The van der Waals surface area contributed by atoms with Crippen LogP contribution in [-0.4, -0.2) is 29.6 Å². The number of aryl methyl sites for hydroxylation is 1. The molecule has 1 aromatic heterocycles. The zero-order chi connectivity index (χ0) is 16.3. The van der Waals surface area contributed by atoms with Crippen LogP contribution < -0.4 is 10.2 Å². The summed E-state index contributed by atoms with van der Waals surface area (Å²) in [6.07, 6.45) is 5.13. The molecule has 5 rings (SSSR count). The van der Waals surface area contributed by atoms with Crippen molar-refractivity contribution in [3.05, 3.63) is 46.4 Å². The summed E-state index contributed by atoms with van der Waals surface area (Å²) in [5.41, 5.74) is 5.37. The summed E-state index contributed by atoms with van der Waals surface area (Å²) >= 11 is 6.33. The first kappa shape index (κ1) is 19.7. The molecule has 7 heteroatoms. The summed E-state index contributed by atoms with van der Waals surface area (Å²) in [7, 11) is 0. The molecule has 3 aliphatic rings. The molecule has 1 aromatic carbocycles. The second-order valence-electron chi connectivity index (χ2n) is 7.45. The molecule has 0 saturated carbocycles. The molecule has 2 aromatic rings. The average Bonchev–Trinajstić information content (AvgIpc) is 3.28. The van der Waals surface area contributed by atoms with Crippen molar-refractivity contribution in [2.75, 3.05) is 24.5 Å². The highest BCUT2D eigenvalue weighted by Gasteiger charge is 2.46. The Bertz CT molecular complexity index is 820. The SMILES string of the molecule is C[C@@H]1CCc2ncnc(N3C[C@]4(CCNC4)c4cc(Cl)ccc43)c21.Cl.Cl. The third-order valence-electron chi connectivity index (χ3n) is 6.03. The van der Waals surface area contributed by atoms with Crippen LogP contribution in [-0.2, 0) is 11.8 Å². The van der Waals surface area contributed by atoms with Crippen molar-refractivity contribution in [1.82, 2.24) is 15.3 Å². The molecular formula is C19H23Cl3N4. The lowest BCUT2D eigenvalue weighted by atomic mass is 9.82. The predicted molar refractivity (Wildman–Crippen MR) is 111 cm³/mol. The molecule has 1 N–H and O–H groups in total. The van der Waals surface area contributed by atoms with Crippen molar-refractivity contribution in [3.8, 4) is 0 Å². The Labute approximate surface area is 171 Å². The Morgan fingerprint density at radius 2 is 2.12 bits per heavy atom. The van der Waals surface area contributed by atoms with E-state index >= 15 is 0 Å². The lowest BCUT2D eigenvalue weighted by Gasteiger charge is -2.26. The number of hydrogen-bond donors (Lipinski definition) is 1. The fourth-order valence-corrected chi connectivity index (χ4v) is 4.95. The lowest BCUT2D eigenvalue weighted by Crippen LogP contribution is -2.34. The molecule has 0 amide bonds. The van der Waals surface area contributed by atoms with Gasteiger partial charge in [0.2, 0.25) is 0 Å². The van der Waals surface area contributed by atoms with E-state index in [9.17, 15) is 0 Å². The maximum Gasteiger partial charge on any atom is 0.140 e. The Kier molecular flexibility index (Phi) is 5.42. The summed E-state index contributed by atoms with van der Waals surface area (Å²) in [6, 6.07) is 6.33. The van der Waals surface area contributed by atoms with Gasteiger partial charge in [0.15, 0.2) is 0 Å². The van der Waals surface area contributed by atoms with Crippen molar-refractivity contribution in [2.24, 2.45) is 0 Å². The second-order valence-corrected chi connectivity index (χ2v) is 7.89. The van der Waals surface area contributed by atoms with Gasteiger partial charge in [0.05, 0.1) is 0 Å². The van der Waals surface area contributed by atoms with E-state index < -0.39 is 0 Å². The van der Waals surface area contributed by atoms with E-state index in [-0.39, 0.29) is 30.2 Å². The van der Waals surface area contributed by atoms with Crippen LogP contribution in [0.15, 0.2) is 24.5 Å². The van der Waals surface area contributed by atoms with Gasteiger partial charge in [-0.2, -0.15) is 0 Å². The van der Waals surface area contributed by atoms with Gasteiger partial charge in [-0.25, -0.2) is 9.97 Å². The first-order valence-corrected chi connectivity index (χ1v) is 9.18. The highest BCUT2D eigenvalue weighted by atomic mass is 35.5. The molecule has 1 aliphatic carbocycles. The number of hydrogen-bond acceptors (Lipinski definition) is 4. The molecule has 1 spiro atoms. The largest absolute Gasteiger partial charge is 0.325 e. The standard InChI is InChI=1S/C19H21ClN4.2ClH/c1-12-2-4-15-17(12)18(23-11-22-15)24-10-19(6-7-21-9-19)14-8-13(20)3-5-16(14)24;;/h3,5,8,11-12,21H,2,4,6-7,9-10H2,1H3;2*1H/t12-,19-;;/m1../s1. The molecule has 26 heavy (non-hydrogen) atoms. The van der Waals surface area contributed by atoms with Crippen molar-refractivity contribution in [3.63, 3.8) is 0 Å². The normalized spacial score (nSPS) is 25.6. The first-order chi connectivity index (χ1) is 11.7. The molecule has 2 atom stereocenters. The third kappa shape index (κ3) is 2.78. The summed E-state index contributed by atoms with van der Waals surface area (Å²) < 4.78 is 0. The third-order valence-corrected chi connectivity index (χ3v) is 6.27. The smallest absolute Gasteiger partial charge is 0.140 e. The number of nitrogens with zero attached hydrogens (tertiary/aromatic N) is 3. The Morgan fingerprint density at radius 1 is 1.27 bits per heavy atom. The highest BCUT2D eigenvalue weighted by Crippen LogP contribution is 2.50. The van der Waals surface area contributed by atoms with Gasteiger partial charge in [0.1, 0.15) is 12.1 Å². The van der Waals surface area contributed by atoms with Crippen LogP contribution in [0.5, 0.6) is 0 Å². The van der Waals surface area contributed by atoms with E-state index in [1.807, 2.05) is 6.07 Å². The molecule has 3 heterocycles. The zero-order valence-electron chi connectivity index (χ0n) is 14.7. The highest BCUT2D eigenvalue weighted by molar-refractivity contribution is 6.30. The Morgan fingerprint density at radius 3 is 2.88 bits per heavy atom. The fourth-order valence-electron chi connectivity index (χ4n) is 4.78. The number of halogens is 3. The van der Waals surface area contributed by atoms with Crippen LogP contribution in [0.4, 0.5) is 11.5 Å². The minimum absolute atomic E-state index is 0. The van der Waals surface area contributed by atoms with Crippen LogP contribution in [0.1, 0.15) is 42.5 Å². The second kappa shape index (κ2) is 7.16. The van der Waals surface area contributed by atoms with Gasteiger partial charge in [-0.3, -0.25) is 0 Å². The average molecular weight is 414 g/mol. The number of benzene rings is 1. The van der Waals surface area contributed by atoms with E-state index in [1.54, 1.807) is 6.33 Å². The number of rotatable bonds is 1. The van der Waals surface area contributed by atoms with Gasteiger partial charge >= 0.3 is 0 Å². The fraction of sp³-hybridized carbons (Fsp3) is 0.474. The van der Waals surface area contributed by atoms with E-state index in [2.05, 4.69) is 34.3 Å². The van der Waals surface area contributed by atoms with Crippen molar-refractivity contribution < 1.29 is 0 Å². The topological polar surface area (TPSA) is 41.1 Å². The number of aromatic nitrogens is 2. The van der Waals surface area contributed by atoms with Gasteiger partial charge in [0, 0.05) is 40.5 Å². The quantitative estimate of drug-likeness (QED) is 0.752. The summed E-state index contributed by atoms with van der Waals surface area (Å²) in [5, 5.41) is 4.37. The molecule has 0 radical (unpaired) electrons. The van der Waals surface area contributed by atoms with Crippen molar-refractivity contribution >= 4 is 47.9 Å². The Balaban J connectivity index is 0.000000980. The number of anilines is 2. The number of nitrogens with one attached hydrogen (secondary N) is 1.